The number of aliphatic hydroxyl groups excluding tert-OH is 1. The fourth-order valence-electron chi connectivity index (χ4n) is 1.48. The molecule has 0 aliphatic heterocycles. The van der Waals surface area contributed by atoms with Crippen molar-refractivity contribution < 1.29 is 14.4 Å². The third-order valence-corrected chi connectivity index (χ3v) is 2.80. The van der Waals surface area contributed by atoms with Crippen LogP contribution < -0.4 is 4.90 Å². The number of anilines is 1. The third-order valence-electron chi connectivity index (χ3n) is 2.51. The van der Waals surface area contributed by atoms with Gasteiger partial charge >= 0.3 is 0 Å². The number of benzene rings is 1. The third kappa shape index (κ3) is 3.54. The van der Waals surface area contributed by atoms with Crippen molar-refractivity contribution in [2.45, 2.75) is 19.4 Å². The molecule has 0 heterocycles. The van der Waals surface area contributed by atoms with Gasteiger partial charge in [0.15, 0.2) is 0 Å². The van der Waals surface area contributed by atoms with Crippen LogP contribution >= 0.6 is 11.6 Å². The van der Waals surface area contributed by atoms with E-state index in [1.54, 1.807) is 18.9 Å². The normalized spacial score (nSPS) is 12.3. The van der Waals surface area contributed by atoms with E-state index < -0.39 is 16.8 Å². The van der Waals surface area contributed by atoms with Gasteiger partial charge < -0.3 is 10.0 Å². The van der Waals surface area contributed by atoms with E-state index in [0.29, 0.717) is 13.0 Å². The maximum atomic E-state index is 13.2. The lowest BCUT2D eigenvalue weighted by molar-refractivity contribution is -0.384. The summed E-state index contributed by atoms with van der Waals surface area (Å²) in [5, 5.41) is 19.9. The smallest absolute Gasteiger partial charge is 0.295 e. The topological polar surface area (TPSA) is 66.6 Å². The van der Waals surface area contributed by atoms with Crippen molar-refractivity contribution in [3.05, 3.63) is 33.1 Å². The van der Waals surface area contributed by atoms with Gasteiger partial charge in [0.1, 0.15) is 11.5 Å². The first-order chi connectivity index (χ1) is 8.32. The minimum Gasteiger partial charge on any atom is -0.393 e. The number of rotatable bonds is 5. The molecule has 0 aliphatic rings. The predicted octanol–water partition coefficient (Wildman–Crippen LogP) is 2.59. The molecule has 0 saturated carbocycles. The van der Waals surface area contributed by atoms with E-state index in [4.69, 9.17) is 11.6 Å². The van der Waals surface area contributed by atoms with Crippen LogP contribution in [-0.2, 0) is 0 Å². The van der Waals surface area contributed by atoms with Gasteiger partial charge in [0, 0.05) is 13.6 Å². The van der Waals surface area contributed by atoms with Crippen LogP contribution in [0, 0.1) is 15.9 Å². The molecule has 0 radical (unpaired) electrons. The first-order valence-corrected chi connectivity index (χ1v) is 5.73. The molecular formula is C11H14ClFN2O3. The minimum absolute atomic E-state index is 0.167. The largest absolute Gasteiger partial charge is 0.393 e. The number of nitro benzene ring substituents is 1. The quantitative estimate of drug-likeness (QED) is 0.663. The first-order valence-electron chi connectivity index (χ1n) is 5.35. The molecule has 1 aromatic carbocycles. The lowest BCUT2D eigenvalue weighted by Gasteiger charge is -2.20. The number of hydrogen-bond acceptors (Lipinski definition) is 4. The summed E-state index contributed by atoms with van der Waals surface area (Å²) in [6.45, 7) is 2.03. The summed E-state index contributed by atoms with van der Waals surface area (Å²) in [6, 6.07) is 2.02. The second-order valence-corrected chi connectivity index (χ2v) is 4.48. The summed E-state index contributed by atoms with van der Waals surface area (Å²) in [4.78, 5) is 11.8. The molecule has 18 heavy (non-hydrogen) atoms. The number of halogens is 2. The number of nitrogens with zero attached hydrogens (tertiary/aromatic N) is 2. The van der Waals surface area contributed by atoms with Crippen LogP contribution in [0.4, 0.5) is 15.8 Å². The van der Waals surface area contributed by atoms with Gasteiger partial charge in [-0.05, 0) is 19.4 Å². The van der Waals surface area contributed by atoms with Crippen LogP contribution in [0.3, 0.4) is 0 Å². The maximum Gasteiger partial charge on any atom is 0.295 e. The maximum absolute atomic E-state index is 13.2. The Morgan fingerprint density at radius 1 is 1.61 bits per heavy atom. The first kappa shape index (κ1) is 14.7. The molecule has 1 aromatic rings. The summed E-state index contributed by atoms with van der Waals surface area (Å²) >= 11 is 5.62. The van der Waals surface area contributed by atoms with Crippen LogP contribution in [0.25, 0.3) is 0 Å². The highest BCUT2D eigenvalue weighted by Crippen LogP contribution is 2.32. The monoisotopic (exact) mass is 276 g/mol. The molecule has 7 heteroatoms. The van der Waals surface area contributed by atoms with Crippen LogP contribution in [0.15, 0.2) is 12.1 Å². The van der Waals surface area contributed by atoms with E-state index in [9.17, 15) is 19.6 Å². The Balaban J connectivity index is 3.05. The van der Waals surface area contributed by atoms with Gasteiger partial charge in [-0.25, -0.2) is 4.39 Å². The van der Waals surface area contributed by atoms with Gasteiger partial charge in [-0.2, -0.15) is 0 Å². The van der Waals surface area contributed by atoms with E-state index in [1.807, 2.05) is 0 Å². The van der Waals surface area contributed by atoms with E-state index in [2.05, 4.69) is 0 Å². The molecular weight excluding hydrogens is 263 g/mol. The summed E-state index contributed by atoms with van der Waals surface area (Å²) in [5.41, 5.74) is -0.114. The molecule has 5 nitrogen and oxygen atoms in total. The van der Waals surface area contributed by atoms with Gasteiger partial charge in [0.25, 0.3) is 5.69 Å². The van der Waals surface area contributed by atoms with Gasteiger partial charge in [-0.3, -0.25) is 10.1 Å². The standard InChI is InChI=1S/C11H14ClFN2O3/c1-7(16)3-4-14(2)10-5-8(12)9(13)6-11(10)15(17)18/h5-7,16H,3-4H2,1-2H3. The molecule has 1 N–H and O–H groups in total. The molecule has 0 amide bonds. The van der Waals surface area contributed by atoms with Crippen molar-refractivity contribution in [3.63, 3.8) is 0 Å². The molecule has 1 atom stereocenters. The molecule has 0 spiro atoms. The average molecular weight is 277 g/mol. The zero-order chi connectivity index (χ0) is 13.9. The average Bonchev–Trinajstić information content (AvgIpc) is 2.28. The van der Waals surface area contributed by atoms with Crippen LogP contribution in [0.5, 0.6) is 0 Å². The van der Waals surface area contributed by atoms with Crippen LogP contribution in [0.2, 0.25) is 5.02 Å². The predicted molar refractivity (Wildman–Crippen MR) is 67.6 cm³/mol. The Kier molecular flexibility index (Phi) is 4.86. The second kappa shape index (κ2) is 5.97. The molecule has 0 aliphatic carbocycles. The Hall–Kier alpha value is -1.40. The highest BCUT2D eigenvalue weighted by atomic mass is 35.5. The van der Waals surface area contributed by atoms with Crippen molar-refractivity contribution in [2.75, 3.05) is 18.5 Å². The van der Waals surface area contributed by atoms with Crippen molar-refractivity contribution in [1.82, 2.24) is 0 Å². The fraction of sp³-hybridized carbons (Fsp3) is 0.455. The highest BCUT2D eigenvalue weighted by Gasteiger charge is 2.20. The number of hydrogen-bond donors (Lipinski definition) is 1. The zero-order valence-corrected chi connectivity index (χ0v) is 10.8. The SMILES string of the molecule is CC(O)CCN(C)c1cc(Cl)c(F)cc1[N+](=O)[O-]. The van der Waals surface area contributed by atoms with Gasteiger partial charge in [-0.1, -0.05) is 11.6 Å². The Bertz CT molecular complexity index is 454. The summed E-state index contributed by atoms with van der Waals surface area (Å²) in [6.07, 6.45) is -0.0646. The number of aliphatic hydroxyl groups is 1. The molecule has 1 unspecified atom stereocenters. The zero-order valence-electron chi connectivity index (χ0n) is 10.1. The van der Waals surface area contributed by atoms with Crippen LogP contribution in [0.1, 0.15) is 13.3 Å². The fourth-order valence-corrected chi connectivity index (χ4v) is 1.64. The number of nitro groups is 1. The molecule has 0 fully saturated rings. The van der Waals surface area contributed by atoms with Crippen LogP contribution in [-0.4, -0.2) is 29.7 Å². The van der Waals surface area contributed by atoms with Crippen molar-refractivity contribution in [2.24, 2.45) is 0 Å². The van der Waals surface area contributed by atoms with Crippen molar-refractivity contribution in [3.8, 4) is 0 Å². The Morgan fingerprint density at radius 2 is 2.22 bits per heavy atom. The Morgan fingerprint density at radius 3 is 2.72 bits per heavy atom. The molecule has 1 rings (SSSR count). The van der Waals surface area contributed by atoms with Gasteiger partial charge in [0.05, 0.1) is 22.1 Å². The van der Waals surface area contributed by atoms with Crippen molar-refractivity contribution in [1.29, 1.82) is 0 Å². The molecule has 0 aromatic heterocycles. The van der Waals surface area contributed by atoms with E-state index in [-0.39, 0.29) is 16.4 Å². The molecule has 100 valence electrons. The molecule has 0 saturated heterocycles. The minimum atomic E-state index is -0.823. The Labute approximate surface area is 109 Å². The lowest BCUT2D eigenvalue weighted by Crippen LogP contribution is -2.22. The lowest BCUT2D eigenvalue weighted by atomic mass is 10.2. The van der Waals surface area contributed by atoms with E-state index >= 15 is 0 Å². The molecule has 0 bridgehead atoms. The van der Waals surface area contributed by atoms with Gasteiger partial charge in [-0.15, -0.1) is 0 Å². The summed E-state index contributed by atoms with van der Waals surface area (Å²) in [5.74, 6) is -0.823. The van der Waals surface area contributed by atoms with Crippen molar-refractivity contribution >= 4 is 23.0 Å². The van der Waals surface area contributed by atoms with E-state index in [1.165, 1.54) is 6.07 Å². The highest BCUT2D eigenvalue weighted by molar-refractivity contribution is 6.31. The second-order valence-electron chi connectivity index (χ2n) is 4.07. The van der Waals surface area contributed by atoms with Gasteiger partial charge in [0.2, 0.25) is 0 Å². The summed E-state index contributed by atoms with van der Waals surface area (Å²) in [7, 11) is 1.62. The summed E-state index contributed by atoms with van der Waals surface area (Å²) < 4.78 is 13.2. The van der Waals surface area contributed by atoms with E-state index in [0.717, 1.165) is 6.07 Å².